The van der Waals surface area contributed by atoms with Gasteiger partial charge in [-0.2, -0.15) is 0 Å². The molecular weight excluding hydrogens is 423 g/mol. The molecule has 0 bridgehead atoms. The highest BCUT2D eigenvalue weighted by Gasteiger charge is 2.17. The van der Waals surface area contributed by atoms with E-state index in [0.29, 0.717) is 21.3 Å². The molecule has 9 heteroatoms. The second kappa shape index (κ2) is 10.0. The highest BCUT2D eigenvalue weighted by atomic mass is 35.5. The lowest BCUT2D eigenvalue weighted by Gasteiger charge is -2.13. The number of halogens is 2. The zero-order chi connectivity index (χ0) is 20.7. The largest absolute Gasteiger partial charge is 0.383 e. The van der Waals surface area contributed by atoms with Crippen molar-refractivity contribution in [2.45, 2.75) is 17.9 Å². The summed E-state index contributed by atoms with van der Waals surface area (Å²) in [6.07, 6.45) is 2.81. The number of carbonyl (C=O) groups excluding carboxylic acids is 1. The van der Waals surface area contributed by atoms with Gasteiger partial charge in [-0.15, -0.1) is 0 Å². The molecule has 2 aromatic carbocycles. The van der Waals surface area contributed by atoms with Gasteiger partial charge in [0.2, 0.25) is 15.9 Å². The number of rotatable bonds is 8. The summed E-state index contributed by atoms with van der Waals surface area (Å²) in [5, 5.41) is 3.51. The monoisotopic (exact) mass is 442 g/mol. The number of sulfonamides is 1. The van der Waals surface area contributed by atoms with E-state index in [0.717, 1.165) is 0 Å². The zero-order valence-corrected chi connectivity index (χ0v) is 17.6. The molecule has 0 radical (unpaired) electrons. The zero-order valence-electron chi connectivity index (χ0n) is 15.3. The average Bonchev–Trinajstić information content (AvgIpc) is 2.61. The van der Waals surface area contributed by atoms with Gasteiger partial charge in [-0.3, -0.25) is 4.79 Å². The Labute approximate surface area is 174 Å². The molecule has 0 aliphatic rings. The first-order valence-corrected chi connectivity index (χ1v) is 10.5. The van der Waals surface area contributed by atoms with E-state index < -0.39 is 15.9 Å². The summed E-state index contributed by atoms with van der Waals surface area (Å²) in [4.78, 5) is 12.2. The van der Waals surface area contributed by atoms with Crippen LogP contribution in [0.25, 0.3) is 6.08 Å². The smallest absolute Gasteiger partial charge is 0.248 e. The Morgan fingerprint density at radius 3 is 2.32 bits per heavy atom. The molecule has 0 heterocycles. The second-order valence-electron chi connectivity index (χ2n) is 5.96. The van der Waals surface area contributed by atoms with Gasteiger partial charge < -0.3 is 10.1 Å². The van der Waals surface area contributed by atoms with E-state index >= 15 is 0 Å². The molecule has 2 rings (SSSR count). The van der Waals surface area contributed by atoms with Crippen molar-refractivity contribution in [1.29, 1.82) is 0 Å². The molecule has 2 N–H and O–H groups in total. The maximum atomic E-state index is 12.3. The third-order valence-corrected chi connectivity index (χ3v) is 5.87. The molecule has 28 heavy (non-hydrogen) atoms. The SMILES string of the molecule is COCC(C)NS(=O)(=O)c1ccc(NC(=O)/C=C/c2c(Cl)cccc2Cl)cc1. The number of ether oxygens (including phenoxy) is 1. The van der Waals surface area contributed by atoms with Crippen LogP contribution in [0.1, 0.15) is 12.5 Å². The van der Waals surface area contributed by atoms with Crippen molar-refractivity contribution in [3.05, 3.63) is 64.1 Å². The molecule has 0 aliphatic carbocycles. The number of anilines is 1. The maximum absolute atomic E-state index is 12.3. The first-order chi connectivity index (χ1) is 13.2. The number of carbonyl (C=O) groups is 1. The van der Waals surface area contributed by atoms with E-state index in [2.05, 4.69) is 10.0 Å². The van der Waals surface area contributed by atoms with Gasteiger partial charge in [0.15, 0.2) is 0 Å². The minimum atomic E-state index is -3.67. The molecule has 0 saturated heterocycles. The third kappa shape index (κ3) is 6.32. The lowest BCUT2D eigenvalue weighted by molar-refractivity contribution is -0.111. The van der Waals surface area contributed by atoms with E-state index in [1.165, 1.54) is 43.5 Å². The highest BCUT2D eigenvalue weighted by molar-refractivity contribution is 7.89. The molecule has 6 nitrogen and oxygen atoms in total. The highest BCUT2D eigenvalue weighted by Crippen LogP contribution is 2.25. The first-order valence-electron chi connectivity index (χ1n) is 8.27. The van der Waals surface area contributed by atoms with Gasteiger partial charge in [-0.05, 0) is 49.4 Å². The molecule has 0 aromatic heterocycles. The summed E-state index contributed by atoms with van der Waals surface area (Å²) in [7, 11) is -2.17. The van der Waals surface area contributed by atoms with Crippen LogP contribution in [0.4, 0.5) is 5.69 Å². The summed E-state index contributed by atoms with van der Waals surface area (Å²) < 4.78 is 32.0. The normalized spacial score (nSPS) is 12.9. The van der Waals surface area contributed by atoms with Crippen LogP contribution in [0.5, 0.6) is 0 Å². The van der Waals surface area contributed by atoms with Crippen molar-refractivity contribution in [2.24, 2.45) is 0 Å². The van der Waals surface area contributed by atoms with Crippen molar-refractivity contribution < 1.29 is 17.9 Å². The predicted octanol–water partition coefficient (Wildman–Crippen LogP) is 3.96. The minimum absolute atomic E-state index is 0.0897. The van der Waals surface area contributed by atoms with Crippen LogP contribution in [-0.4, -0.2) is 34.1 Å². The maximum Gasteiger partial charge on any atom is 0.248 e. The summed E-state index contributed by atoms with van der Waals surface area (Å²) in [5.41, 5.74) is 0.988. The Bertz CT molecular complexity index is 940. The molecule has 150 valence electrons. The number of amides is 1. The van der Waals surface area contributed by atoms with Gasteiger partial charge in [-0.25, -0.2) is 13.1 Å². The Morgan fingerprint density at radius 1 is 1.14 bits per heavy atom. The molecule has 1 unspecified atom stereocenters. The van der Waals surface area contributed by atoms with Gasteiger partial charge in [0.1, 0.15) is 0 Å². The van der Waals surface area contributed by atoms with Gasteiger partial charge >= 0.3 is 0 Å². The van der Waals surface area contributed by atoms with E-state index in [1.807, 2.05) is 0 Å². The number of nitrogens with one attached hydrogen (secondary N) is 2. The van der Waals surface area contributed by atoms with Crippen LogP contribution in [0, 0.1) is 0 Å². The summed E-state index contributed by atoms with van der Waals surface area (Å²) in [6, 6.07) is 10.5. The quantitative estimate of drug-likeness (QED) is 0.605. The van der Waals surface area contributed by atoms with Gasteiger partial charge in [0.25, 0.3) is 0 Å². The fraction of sp³-hybridized carbons (Fsp3) is 0.211. The molecule has 2 aromatic rings. The Kier molecular flexibility index (Phi) is 8.03. The van der Waals surface area contributed by atoms with E-state index in [4.69, 9.17) is 27.9 Å². The number of hydrogen-bond acceptors (Lipinski definition) is 4. The lowest BCUT2D eigenvalue weighted by atomic mass is 10.2. The molecule has 0 saturated carbocycles. The molecular formula is C19H20Cl2N2O4S. The van der Waals surface area contributed by atoms with Crippen molar-refractivity contribution in [1.82, 2.24) is 4.72 Å². The van der Waals surface area contributed by atoms with Gasteiger partial charge in [-0.1, -0.05) is 29.3 Å². The predicted molar refractivity (Wildman–Crippen MR) is 112 cm³/mol. The number of benzene rings is 2. The fourth-order valence-corrected chi connectivity index (χ4v) is 4.10. The Hall–Kier alpha value is -1.90. The van der Waals surface area contributed by atoms with Crippen LogP contribution >= 0.6 is 23.2 Å². The Morgan fingerprint density at radius 2 is 1.75 bits per heavy atom. The van der Waals surface area contributed by atoms with Crippen LogP contribution in [0.2, 0.25) is 10.0 Å². The average molecular weight is 443 g/mol. The molecule has 1 atom stereocenters. The van der Waals surface area contributed by atoms with Crippen molar-refractivity contribution >= 4 is 50.9 Å². The number of methoxy groups -OCH3 is 1. The lowest BCUT2D eigenvalue weighted by Crippen LogP contribution is -2.35. The van der Waals surface area contributed by atoms with Gasteiger partial charge in [0.05, 0.1) is 11.5 Å². The molecule has 0 aliphatic heterocycles. The minimum Gasteiger partial charge on any atom is -0.383 e. The Balaban J connectivity index is 2.04. The summed E-state index contributed by atoms with van der Waals surface area (Å²) in [6.45, 7) is 1.96. The molecule has 0 fully saturated rings. The molecule has 0 spiro atoms. The van der Waals surface area contributed by atoms with Crippen LogP contribution < -0.4 is 10.0 Å². The number of hydrogen-bond donors (Lipinski definition) is 2. The summed E-state index contributed by atoms with van der Waals surface area (Å²) >= 11 is 12.1. The fourth-order valence-electron chi connectivity index (χ4n) is 2.35. The summed E-state index contributed by atoms with van der Waals surface area (Å²) in [5.74, 6) is -0.404. The van der Waals surface area contributed by atoms with Crippen molar-refractivity contribution in [2.75, 3.05) is 19.0 Å². The third-order valence-electron chi connectivity index (χ3n) is 3.61. The standard InChI is InChI=1S/C19H20Cl2N2O4S/c1-13(12-27-2)23-28(25,26)15-8-6-14(7-9-15)22-19(24)11-10-16-17(20)4-3-5-18(16)21/h3-11,13,23H,12H2,1-2H3,(H,22,24)/b11-10+. The van der Waals surface area contributed by atoms with Crippen molar-refractivity contribution in [3.63, 3.8) is 0 Å². The van der Waals surface area contributed by atoms with Crippen molar-refractivity contribution in [3.8, 4) is 0 Å². The van der Waals surface area contributed by atoms with Gasteiger partial charge in [0, 0.05) is 40.5 Å². The van der Waals surface area contributed by atoms with E-state index in [1.54, 1.807) is 25.1 Å². The van der Waals surface area contributed by atoms with E-state index in [-0.39, 0.29) is 17.5 Å². The van der Waals surface area contributed by atoms with Crippen LogP contribution in [0.15, 0.2) is 53.4 Å². The topological polar surface area (TPSA) is 84.5 Å². The molecule has 1 amide bonds. The van der Waals surface area contributed by atoms with Crippen LogP contribution in [-0.2, 0) is 19.6 Å². The first kappa shape index (κ1) is 22.4. The van der Waals surface area contributed by atoms with Crippen LogP contribution in [0.3, 0.4) is 0 Å². The second-order valence-corrected chi connectivity index (χ2v) is 8.49. The van der Waals surface area contributed by atoms with E-state index in [9.17, 15) is 13.2 Å².